The van der Waals surface area contributed by atoms with Gasteiger partial charge in [0.2, 0.25) is 0 Å². The van der Waals surface area contributed by atoms with Crippen LogP contribution in [0.3, 0.4) is 0 Å². The van der Waals surface area contributed by atoms with Crippen LogP contribution in [-0.2, 0) is 23.9 Å². The molecule has 0 saturated carbocycles. The molecule has 2 aliphatic carbocycles. The third-order valence-electron chi connectivity index (χ3n) is 17.3. The average molecular weight is 927 g/mol. The quantitative estimate of drug-likeness (QED) is 0.0953. The summed E-state index contributed by atoms with van der Waals surface area (Å²) in [5.41, 5.74) is 28.3. The third kappa shape index (κ3) is 7.76. The van der Waals surface area contributed by atoms with Crippen molar-refractivity contribution in [3.05, 3.63) is 203 Å². The monoisotopic (exact) mass is 927 g/mol. The van der Waals surface area contributed by atoms with Gasteiger partial charge in [0.15, 0.2) is 0 Å². The SMILES string of the molecule is CCCCC1(CCCC)c2cc(-c3ccc(-c4ccccc4)cc3)ccc2-c2cc3c(cc21)N1Cc2cc4c(cc2N(C3)C1)C(CCCC)(CCCC)c1cc(-c2ccc(-c3ccccc3)cc2)ccc1-4. The van der Waals surface area contributed by atoms with Gasteiger partial charge in [-0.3, -0.25) is 0 Å². The Morgan fingerprint density at radius 2 is 0.634 bits per heavy atom. The predicted octanol–water partition coefficient (Wildman–Crippen LogP) is 18.9. The predicted molar refractivity (Wildman–Crippen MR) is 302 cm³/mol. The molecule has 0 spiro atoms. The lowest BCUT2D eigenvalue weighted by atomic mass is 9.70. The summed E-state index contributed by atoms with van der Waals surface area (Å²) in [5.74, 6) is 0. The van der Waals surface area contributed by atoms with E-state index in [0.29, 0.717) is 0 Å². The number of unbranched alkanes of at least 4 members (excludes halogenated alkanes) is 4. The Labute approximate surface area is 424 Å². The molecule has 0 fully saturated rings. The van der Waals surface area contributed by atoms with Crippen molar-refractivity contribution < 1.29 is 0 Å². The first-order chi connectivity index (χ1) is 34.9. The fraction of sp³-hybridized carbons (Fsp3) is 0.304. The van der Waals surface area contributed by atoms with Gasteiger partial charge in [-0.15, -0.1) is 0 Å². The van der Waals surface area contributed by atoms with Crippen molar-refractivity contribution in [1.82, 2.24) is 0 Å². The molecule has 2 heteroatoms. The van der Waals surface area contributed by atoms with Gasteiger partial charge in [-0.1, -0.05) is 213 Å². The number of fused-ring (bicyclic) bond motifs is 12. The lowest BCUT2D eigenvalue weighted by molar-refractivity contribution is 0.414. The Kier molecular flexibility index (Phi) is 12.1. The Morgan fingerprint density at radius 1 is 0.324 bits per heavy atom. The largest absolute Gasteiger partial charge is 0.349 e. The standard InChI is InChI=1S/C69H70N2/c1-5-9-35-68(36-10-6-2)62-41-54(52-27-23-50(24-28-52)48-19-15-13-16-20-48)31-33-58(62)60-39-56-45-71-47-70(66(56)43-64(60)68)46-57-40-61-59-34-32-55(53-29-25-51(26-30-53)49-21-17-14-18-22-49)42-63(59)69(37-11-7-3,38-12-8-4)65(61)44-67(57)71/h13-34,39-44H,5-12,35-38,45-47H2,1-4H3. The van der Waals surface area contributed by atoms with Gasteiger partial charge in [0.25, 0.3) is 0 Å². The minimum absolute atomic E-state index is 0.00413. The highest BCUT2D eigenvalue weighted by Crippen LogP contribution is 2.59. The van der Waals surface area contributed by atoms with Crippen molar-refractivity contribution in [3.63, 3.8) is 0 Å². The fourth-order valence-corrected chi connectivity index (χ4v) is 13.6. The van der Waals surface area contributed by atoms with Crippen LogP contribution in [0.1, 0.15) is 138 Å². The second kappa shape index (κ2) is 18.8. The average Bonchev–Trinajstić information content (AvgIpc) is 3.84. The van der Waals surface area contributed by atoms with Gasteiger partial charge in [-0.05, 0) is 162 Å². The highest BCUT2D eigenvalue weighted by molar-refractivity contribution is 5.90. The van der Waals surface area contributed by atoms with E-state index >= 15 is 0 Å². The molecular formula is C69H70N2. The number of nitrogens with zero attached hydrogens (tertiary/aromatic N) is 2. The topological polar surface area (TPSA) is 6.48 Å². The number of rotatable bonds is 16. The lowest BCUT2D eigenvalue weighted by Crippen LogP contribution is -2.46. The van der Waals surface area contributed by atoms with E-state index in [1.54, 1.807) is 22.3 Å². The van der Waals surface area contributed by atoms with Gasteiger partial charge >= 0.3 is 0 Å². The van der Waals surface area contributed by atoms with Gasteiger partial charge in [0.1, 0.15) is 0 Å². The highest BCUT2D eigenvalue weighted by Gasteiger charge is 2.46. The molecule has 4 aliphatic rings. The van der Waals surface area contributed by atoms with Crippen LogP contribution in [-0.4, -0.2) is 6.67 Å². The van der Waals surface area contributed by atoms with Crippen LogP contribution in [0, 0.1) is 0 Å². The summed E-state index contributed by atoms with van der Waals surface area (Å²) >= 11 is 0. The maximum atomic E-state index is 2.72. The van der Waals surface area contributed by atoms with Crippen molar-refractivity contribution in [1.29, 1.82) is 0 Å². The maximum Gasteiger partial charge on any atom is 0.0910 e. The first kappa shape index (κ1) is 45.5. The van der Waals surface area contributed by atoms with Gasteiger partial charge in [0, 0.05) is 35.3 Å². The van der Waals surface area contributed by atoms with Crippen LogP contribution in [0.25, 0.3) is 66.8 Å². The molecule has 2 heterocycles. The van der Waals surface area contributed by atoms with E-state index in [1.165, 1.54) is 166 Å². The van der Waals surface area contributed by atoms with Crippen LogP contribution in [0.5, 0.6) is 0 Å². The summed E-state index contributed by atoms with van der Waals surface area (Å²) < 4.78 is 0. The van der Waals surface area contributed by atoms with Gasteiger partial charge in [0.05, 0.1) is 6.67 Å². The van der Waals surface area contributed by atoms with E-state index < -0.39 is 0 Å². The van der Waals surface area contributed by atoms with Crippen LogP contribution < -0.4 is 9.80 Å². The third-order valence-corrected chi connectivity index (χ3v) is 17.3. The molecule has 0 unspecified atom stereocenters. The molecule has 0 saturated heterocycles. The van der Waals surface area contributed by atoms with Crippen LogP contribution in [0.4, 0.5) is 11.4 Å². The van der Waals surface area contributed by atoms with Crippen LogP contribution in [0.2, 0.25) is 0 Å². The zero-order chi connectivity index (χ0) is 48.1. The summed E-state index contributed by atoms with van der Waals surface area (Å²) in [7, 11) is 0. The number of hydrogen-bond acceptors (Lipinski definition) is 2. The summed E-state index contributed by atoms with van der Waals surface area (Å²) in [6, 6.07) is 65.7. The second-order valence-corrected chi connectivity index (χ2v) is 21.6. The molecular weight excluding hydrogens is 857 g/mol. The summed E-state index contributed by atoms with van der Waals surface area (Å²) in [5, 5.41) is 0. The van der Waals surface area contributed by atoms with Crippen LogP contribution >= 0.6 is 0 Å². The minimum Gasteiger partial charge on any atom is -0.349 e. The van der Waals surface area contributed by atoms with Crippen LogP contribution in [0.15, 0.2) is 170 Å². The Hall–Kier alpha value is -6.64. The van der Waals surface area contributed by atoms with Crippen molar-refractivity contribution in [3.8, 4) is 66.8 Å². The molecule has 0 atom stereocenters. The van der Waals surface area contributed by atoms with Crippen molar-refractivity contribution in [2.45, 2.75) is 129 Å². The van der Waals surface area contributed by atoms with Gasteiger partial charge < -0.3 is 9.80 Å². The summed E-state index contributed by atoms with van der Waals surface area (Å²) in [6.45, 7) is 12.3. The Morgan fingerprint density at radius 3 is 0.986 bits per heavy atom. The van der Waals surface area contributed by atoms with Crippen molar-refractivity contribution >= 4 is 11.4 Å². The smallest absolute Gasteiger partial charge is 0.0910 e. The molecule has 2 bridgehead atoms. The summed E-state index contributed by atoms with van der Waals surface area (Å²) in [4.78, 5) is 5.45. The van der Waals surface area contributed by atoms with E-state index in [2.05, 4.69) is 207 Å². The molecule has 0 amide bonds. The minimum atomic E-state index is 0.00413. The van der Waals surface area contributed by atoms with E-state index in [9.17, 15) is 0 Å². The second-order valence-electron chi connectivity index (χ2n) is 21.6. The fourth-order valence-electron chi connectivity index (χ4n) is 13.6. The van der Waals surface area contributed by atoms with Crippen molar-refractivity contribution in [2.24, 2.45) is 0 Å². The van der Waals surface area contributed by atoms with E-state index in [-0.39, 0.29) is 10.8 Å². The molecule has 0 radical (unpaired) electrons. The molecule has 12 rings (SSSR count). The van der Waals surface area contributed by atoms with E-state index in [1.807, 2.05) is 0 Å². The molecule has 0 aromatic heterocycles. The normalized spacial score (nSPS) is 15.2. The zero-order valence-electron chi connectivity index (χ0n) is 42.7. The maximum absolute atomic E-state index is 2.72. The highest BCUT2D eigenvalue weighted by atomic mass is 15.4. The molecule has 0 N–H and O–H groups in total. The van der Waals surface area contributed by atoms with Gasteiger partial charge in [-0.25, -0.2) is 0 Å². The molecule has 8 aromatic rings. The first-order valence-electron chi connectivity index (χ1n) is 27.4. The number of benzene rings is 8. The zero-order valence-corrected chi connectivity index (χ0v) is 42.7. The molecule has 71 heavy (non-hydrogen) atoms. The number of anilines is 2. The molecule has 2 nitrogen and oxygen atoms in total. The molecule has 2 aliphatic heterocycles. The molecule has 356 valence electrons. The molecule has 8 aromatic carbocycles. The first-order valence-corrected chi connectivity index (χ1v) is 27.4. The van der Waals surface area contributed by atoms with E-state index in [0.717, 1.165) is 19.8 Å². The number of hydrogen-bond donors (Lipinski definition) is 0. The van der Waals surface area contributed by atoms with Crippen molar-refractivity contribution in [2.75, 3.05) is 16.5 Å². The van der Waals surface area contributed by atoms with Gasteiger partial charge in [-0.2, -0.15) is 0 Å². The lowest BCUT2D eigenvalue weighted by Gasteiger charge is -2.46. The Bertz CT molecular complexity index is 2980. The Balaban J connectivity index is 0.923. The summed E-state index contributed by atoms with van der Waals surface area (Å²) in [6.07, 6.45) is 14.5. The van der Waals surface area contributed by atoms with E-state index in [4.69, 9.17) is 0 Å².